The van der Waals surface area contributed by atoms with Gasteiger partial charge in [-0.2, -0.15) is 11.8 Å². The van der Waals surface area contributed by atoms with E-state index in [-0.39, 0.29) is 29.4 Å². The third-order valence-corrected chi connectivity index (χ3v) is 7.93. The molecule has 4 rings (SSSR count). The summed E-state index contributed by atoms with van der Waals surface area (Å²) in [5.74, 6) is 2.06. The van der Waals surface area contributed by atoms with E-state index in [0.717, 1.165) is 35.7 Å². The molecule has 1 N–H and O–H groups in total. The molecule has 1 unspecified atom stereocenters. The van der Waals surface area contributed by atoms with E-state index in [4.69, 9.17) is 4.74 Å². The highest BCUT2D eigenvalue weighted by atomic mass is 32.2. The quantitative estimate of drug-likeness (QED) is 0.583. The summed E-state index contributed by atoms with van der Waals surface area (Å²) < 4.78 is 6.02. The summed E-state index contributed by atoms with van der Waals surface area (Å²) in [6.07, 6.45) is 0.779. The molecule has 5 nitrogen and oxygen atoms in total. The number of thioether (sulfide) groups is 2. The van der Waals surface area contributed by atoms with Crippen molar-refractivity contribution >= 4 is 35.4 Å². The molecule has 2 aromatic carbocycles. The zero-order chi connectivity index (χ0) is 22.4. The van der Waals surface area contributed by atoms with E-state index in [1.165, 1.54) is 11.8 Å². The van der Waals surface area contributed by atoms with Crippen LogP contribution in [-0.2, 0) is 25.7 Å². The van der Waals surface area contributed by atoms with Crippen LogP contribution in [0.1, 0.15) is 30.4 Å². The molecule has 32 heavy (non-hydrogen) atoms. The van der Waals surface area contributed by atoms with Gasteiger partial charge in [0.2, 0.25) is 5.91 Å². The summed E-state index contributed by atoms with van der Waals surface area (Å²) in [5.41, 5.74) is 0.823. The van der Waals surface area contributed by atoms with Crippen molar-refractivity contribution in [2.45, 2.75) is 30.6 Å². The minimum Gasteiger partial charge on any atom is -0.511 e. The largest absolute Gasteiger partial charge is 0.511 e. The Balaban J connectivity index is 1.52. The van der Waals surface area contributed by atoms with Crippen molar-refractivity contribution in [3.63, 3.8) is 0 Å². The van der Waals surface area contributed by atoms with Crippen molar-refractivity contribution in [1.82, 2.24) is 4.90 Å². The van der Waals surface area contributed by atoms with Gasteiger partial charge in [0.15, 0.2) is 0 Å². The Kier molecular flexibility index (Phi) is 7.48. The molecule has 168 valence electrons. The van der Waals surface area contributed by atoms with Crippen LogP contribution in [0.5, 0.6) is 0 Å². The van der Waals surface area contributed by atoms with E-state index >= 15 is 0 Å². The predicted molar refractivity (Wildman–Crippen MR) is 129 cm³/mol. The first-order valence-electron chi connectivity index (χ1n) is 10.8. The number of aliphatic hydroxyl groups excluding tert-OH is 1. The molecule has 0 aromatic heterocycles. The maximum atomic E-state index is 13.0. The normalized spacial score (nSPS) is 21.4. The third-order valence-electron chi connectivity index (χ3n) is 5.82. The van der Waals surface area contributed by atoms with Crippen molar-refractivity contribution < 1.29 is 19.4 Å². The first-order chi connectivity index (χ1) is 15.6. The Morgan fingerprint density at radius 3 is 2.38 bits per heavy atom. The van der Waals surface area contributed by atoms with Crippen LogP contribution in [0.2, 0.25) is 0 Å². The molecular weight excluding hydrogens is 442 g/mol. The number of carbonyl (C=O) groups excluding carboxylic acids is 2. The molecule has 0 bridgehead atoms. The van der Waals surface area contributed by atoms with Gasteiger partial charge in [-0.15, -0.1) is 11.8 Å². The van der Waals surface area contributed by atoms with E-state index in [1.807, 2.05) is 77.3 Å². The number of benzene rings is 2. The average Bonchev–Trinajstić information content (AvgIpc) is 2.84. The van der Waals surface area contributed by atoms with Gasteiger partial charge in [0.05, 0.1) is 6.42 Å². The number of nitrogens with zero attached hydrogens (tertiary/aromatic N) is 1. The molecule has 1 saturated heterocycles. The summed E-state index contributed by atoms with van der Waals surface area (Å²) in [5, 5.41) is 10.9. The SMILES string of the molecule is O=C1OC(CCC(=O)N2CCSCC2)(c2ccccc2)CC(O)=C1SCc1ccccc1. The van der Waals surface area contributed by atoms with Gasteiger partial charge in [-0.25, -0.2) is 4.79 Å². The zero-order valence-corrected chi connectivity index (χ0v) is 19.5. The number of aliphatic hydroxyl groups is 1. The Morgan fingerprint density at radius 2 is 1.72 bits per heavy atom. The number of hydrogen-bond acceptors (Lipinski definition) is 6. The van der Waals surface area contributed by atoms with Gasteiger partial charge in [-0.1, -0.05) is 60.7 Å². The molecule has 1 atom stereocenters. The molecule has 0 spiro atoms. The second-order valence-corrected chi connectivity index (χ2v) is 10.2. The summed E-state index contributed by atoms with van der Waals surface area (Å²) in [4.78, 5) is 27.9. The Labute approximate surface area is 197 Å². The lowest BCUT2D eigenvalue weighted by atomic mass is 9.83. The molecule has 2 aromatic rings. The Bertz CT molecular complexity index is 974. The molecule has 1 amide bonds. The average molecular weight is 470 g/mol. The van der Waals surface area contributed by atoms with Crippen LogP contribution in [0, 0.1) is 0 Å². The lowest BCUT2D eigenvalue weighted by Crippen LogP contribution is -2.41. The number of amides is 1. The van der Waals surface area contributed by atoms with Gasteiger partial charge < -0.3 is 14.7 Å². The summed E-state index contributed by atoms with van der Waals surface area (Å²) >= 11 is 3.14. The van der Waals surface area contributed by atoms with Crippen LogP contribution >= 0.6 is 23.5 Å². The molecule has 0 radical (unpaired) electrons. The van der Waals surface area contributed by atoms with Gasteiger partial charge in [0.25, 0.3) is 0 Å². The molecule has 2 aliphatic heterocycles. The topological polar surface area (TPSA) is 66.8 Å². The molecule has 7 heteroatoms. The van der Waals surface area contributed by atoms with Crippen LogP contribution < -0.4 is 0 Å². The van der Waals surface area contributed by atoms with Crippen molar-refractivity contribution in [2.75, 3.05) is 24.6 Å². The second-order valence-electron chi connectivity index (χ2n) is 7.97. The lowest BCUT2D eigenvalue weighted by molar-refractivity contribution is -0.161. The number of hydrogen-bond donors (Lipinski definition) is 1. The first kappa shape index (κ1) is 22.8. The summed E-state index contributed by atoms with van der Waals surface area (Å²) in [6, 6.07) is 19.3. The minimum atomic E-state index is -1.04. The molecule has 0 aliphatic carbocycles. The number of ether oxygens (including phenoxy) is 1. The first-order valence-corrected chi connectivity index (χ1v) is 12.9. The van der Waals surface area contributed by atoms with E-state index in [9.17, 15) is 14.7 Å². The van der Waals surface area contributed by atoms with E-state index in [1.54, 1.807) is 0 Å². The predicted octanol–water partition coefficient (Wildman–Crippen LogP) is 4.89. The highest BCUT2D eigenvalue weighted by Gasteiger charge is 2.44. The zero-order valence-electron chi connectivity index (χ0n) is 17.9. The Hall–Kier alpha value is -2.38. The second kappa shape index (κ2) is 10.5. The van der Waals surface area contributed by atoms with Crippen molar-refractivity contribution in [3.05, 3.63) is 82.5 Å². The minimum absolute atomic E-state index is 0.0351. The lowest BCUT2D eigenvalue weighted by Gasteiger charge is -2.38. The van der Waals surface area contributed by atoms with E-state index in [2.05, 4.69) is 0 Å². The molecule has 0 saturated carbocycles. The van der Waals surface area contributed by atoms with Crippen molar-refractivity contribution in [1.29, 1.82) is 0 Å². The molecular formula is C25H27NO4S2. The van der Waals surface area contributed by atoms with Gasteiger partial charge in [-0.05, 0) is 11.1 Å². The molecule has 1 fully saturated rings. The number of esters is 1. The number of cyclic esters (lactones) is 1. The fourth-order valence-electron chi connectivity index (χ4n) is 4.07. The van der Waals surface area contributed by atoms with Gasteiger partial charge >= 0.3 is 5.97 Å². The fraction of sp³-hybridized carbons (Fsp3) is 0.360. The fourth-order valence-corrected chi connectivity index (χ4v) is 5.87. The monoisotopic (exact) mass is 469 g/mol. The van der Waals surface area contributed by atoms with Crippen molar-refractivity contribution in [3.8, 4) is 0 Å². The third kappa shape index (κ3) is 5.33. The van der Waals surface area contributed by atoms with Crippen LogP contribution in [0.15, 0.2) is 71.3 Å². The molecule has 2 heterocycles. The molecule has 2 aliphatic rings. The van der Waals surface area contributed by atoms with Crippen LogP contribution in [0.3, 0.4) is 0 Å². The Morgan fingerprint density at radius 1 is 1.06 bits per heavy atom. The highest BCUT2D eigenvalue weighted by molar-refractivity contribution is 8.03. The summed E-state index contributed by atoms with van der Waals surface area (Å²) in [7, 11) is 0. The number of rotatable bonds is 7. The van der Waals surface area contributed by atoms with Crippen molar-refractivity contribution in [2.24, 2.45) is 0 Å². The van der Waals surface area contributed by atoms with E-state index < -0.39 is 11.6 Å². The standard InChI is InChI=1S/C25H27NO4S2/c27-21-17-25(20-9-5-2-6-10-20,12-11-22(28)26-13-15-31-16-14-26)30-24(29)23(21)32-18-19-7-3-1-4-8-19/h1-10,27H,11-18H2. The van der Waals surface area contributed by atoms with Crippen LogP contribution in [-0.4, -0.2) is 46.5 Å². The maximum absolute atomic E-state index is 13.0. The maximum Gasteiger partial charge on any atom is 0.348 e. The smallest absolute Gasteiger partial charge is 0.348 e. The van der Waals surface area contributed by atoms with E-state index in [0.29, 0.717) is 12.2 Å². The van der Waals surface area contributed by atoms with Gasteiger partial charge in [0, 0.05) is 43.2 Å². The van der Waals surface area contributed by atoms with Gasteiger partial charge in [0.1, 0.15) is 16.3 Å². The number of carbonyl (C=O) groups is 2. The van der Waals surface area contributed by atoms with Crippen LogP contribution in [0.4, 0.5) is 0 Å². The van der Waals surface area contributed by atoms with Gasteiger partial charge in [-0.3, -0.25) is 4.79 Å². The highest BCUT2D eigenvalue weighted by Crippen LogP contribution is 2.44. The van der Waals surface area contributed by atoms with Crippen LogP contribution in [0.25, 0.3) is 0 Å². The summed E-state index contributed by atoms with van der Waals surface area (Å²) in [6.45, 7) is 1.51.